The predicted molar refractivity (Wildman–Crippen MR) is 45.5 cm³/mol. The van der Waals surface area contributed by atoms with Gasteiger partial charge in [0, 0.05) is 0 Å². The van der Waals surface area contributed by atoms with E-state index in [1.165, 1.54) is 0 Å². The van der Waals surface area contributed by atoms with Crippen LogP contribution in [0, 0.1) is 5.92 Å². The maximum absolute atomic E-state index is 10.5. The first-order valence-electron chi connectivity index (χ1n) is 4.11. The Morgan fingerprint density at radius 1 is 1.55 bits per heavy atom. The lowest BCUT2D eigenvalue weighted by atomic mass is 10.0. The second kappa shape index (κ2) is 5.96. The van der Waals surface area contributed by atoms with Crippen molar-refractivity contribution in [2.45, 2.75) is 33.1 Å². The lowest BCUT2D eigenvalue weighted by Crippen LogP contribution is -2.10. The molecular formula is C9H16O2. The highest BCUT2D eigenvalue weighted by Gasteiger charge is 2.10. The first-order chi connectivity index (χ1) is 5.22. The minimum Gasteiger partial charge on any atom is -0.481 e. The van der Waals surface area contributed by atoms with Crippen molar-refractivity contribution in [2.75, 3.05) is 0 Å². The maximum atomic E-state index is 10.5. The van der Waals surface area contributed by atoms with Crippen LogP contribution in [-0.4, -0.2) is 11.1 Å². The largest absolute Gasteiger partial charge is 0.481 e. The highest BCUT2D eigenvalue weighted by Crippen LogP contribution is 2.08. The smallest absolute Gasteiger partial charge is 0.310 e. The molecule has 0 aliphatic carbocycles. The molecule has 0 bridgehead atoms. The van der Waals surface area contributed by atoms with Gasteiger partial charge < -0.3 is 5.11 Å². The van der Waals surface area contributed by atoms with Crippen LogP contribution in [0.5, 0.6) is 0 Å². The van der Waals surface area contributed by atoms with Gasteiger partial charge in [0.15, 0.2) is 0 Å². The Morgan fingerprint density at radius 2 is 2.18 bits per heavy atom. The molecule has 0 aromatic carbocycles. The molecule has 0 spiro atoms. The molecule has 0 aromatic heterocycles. The van der Waals surface area contributed by atoms with E-state index in [2.05, 4.69) is 0 Å². The number of rotatable bonds is 5. The lowest BCUT2D eigenvalue weighted by Gasteiger charge is -2.03. The highest BCUT2D eigenvalue weighted by molar-refractivity contribution is 5.71. The molecule has 2 nitrogen and oxygen atoms in total. The Hall–Kier alpha value is -0.790. The van der Waals surface area contributed by atoms with E-state index in [0.717, 1.165) is 19.3 Å². The van der Waals surface area contributed by atoms with Gasteiger partial charge in [-0.1, -0.05) is 32.4 Å². The molecule has 0 heterocycles. The van der Waals surface area contributed by atoms with E-state index >= 15 is 0 Å². The summed E-state index contributed by atoms with van der Waals surface area (Å²) in [4.78, 5) is 10.5. The SMILES string of the molecule is CC/C=C/C(CCC)C(=O)O. The van der Waals surface area contributed by atoms with Gasteiger partial charge in [-0.2, -0.15) is 0 Å². The van der Waals surface area contributed by atoms with Gasteiger partial charge in [0.2, 0.25) is 0 Å². The topological polar surface area (TPSA) is 37.3 Å². The second-order valence-corrected chi connectivity index (χ2v) is 2.57. The van der Waals surface area contributed by atoms with Crippen LogP contribution in [0.25, 0.3) is 0 Å². The summed E-state index contributed by atoms with van der Waals surface area (Å²) in [5.41, 5.74) is 0. The van der Waals surface area contributed by atoms with Crippen molar-refractivity contribution in [1.82, 2.24) is 0 Å². The lowest BCUT2D eigenvalue weighted by molar-refractivity contribution is -0.140. The standard InChI is InChI=1S/C9H16O2/c1-3-5-7-8(6-4-2)9(10)11/h5,7-8H,3-4,6H2,1-2H3,(H,10,11)/b7-5+. The summed E-state index contributed by atoms with van der Waals surface area (Å²) in [5.74, 6) is -0.989. The summed E-state index contributed by atoms with van der Waals surface area (Å²) < 4.78 is 0. The van der Waals surface area contributed by atoms with Gasteiger partial charge in [-0.3, -0.25) is 4.79 Å². The maximum Gasteiger partial charge on any atom is 0.310 e. The van der Waals surface area contributed by atoms with Crippen LogP contribution in [0.3, 0.4) is 0 Å². The van der Waals surface area contributed by atoms with E-state index in [0.29, 0.717) is 0 Å². The van der Waals surface area contributed by atoms with E-state index in [1.807, 2.05) is 19.9 Å². The monoisotopic (exact) mass is 156 g/mol. The van der Waals surface area contributed by atoms with Crippen LogP contribution in [0.15, 0.2) is 12.2 Å². The fourth-order valence-electron chi connectivity index (χ4n) is 0.913. The molecule has 11 heavy (non-hydrogen) atoms. The first-order valence-corrected chi connectivity index (χ1v) is 4.11. The summed E-state index contributed by atoms with van der Waals surface area (Å²) in [6.45, 7) is 4.00. The molecule has 1 atom stereocenters. The minimum atomic E-state index is -0.712. The van der Waals surface area contributed by atoms with E-state index in [1.54, 1.807) is 6.08 Å². The molecular weight excluding hydrogens is 140 g/mol. The van der Waals surface area contributed by atoms with E-state index in [4.69, 9.17) is 5.11 Å². The average molecular weight is 156 g/mol. The van der Waals surface area contributed by atoms with Crippen molar-refractivity contribution < 1.29 is 9.90 Å². The molecule has 0 rings (SSSR count). The van der Waals surface area contributed by atoms with Crippen molar-refractivity contribution in [3.63, 3.8) is 0 Å². The van der Waals surface area contributed by atoms with Gasteiger partial charge in [-0.15, -0.1) is 0 Å². The molecule has 0 aliphatic heterocycles. The third-order valence-electron chi connectivity index (χ3n) is 1.52. The number of carboxylic acids is 1. The van der Waals surface area contributed by atoms with Crippen LogP contribution in [0.4, 0.5) is 0 Å². The van der Waals surface area contributed by atoms with Gasteiger partial charge in [0.05, 0.1) is 5.92 Å². The third-order valence-corrected chi connectivity index (χ3v) is 1.52. The Labute approximate surface area is 67.9 Å². The zero-order valence-electron chi connectivity index (χ0n) is 7.21. The number of carbonyl (C=O) groups is 1. The number of aliphatic carboxylic acids is 1. The normalized spacial score (nSPS) is 13.6. The molecule has 64 valence electrons. The summed E-state index contributed by atoms with van der Waals surface area (Å²) in [6.07, 6.45) is 6.27. The zero-order valence-corrected chi connectivity index (χ0v) is 7.21. The van der Waals surface area contributed by atoms with Gasteiger partial charge in [-0.05, 0) is 12.8 Å². The molecule has 0 saturated heterocycles. The van der Waals surface area contributed by atoms with Crippen LogP contribution < -0.4 is 0 Å². The fraction of sp³-hybridized carbons (Fsp3) is 0.667. The third kappa shape index (κ3) is 4.59. The van der Waals surface area contributed by atoms with Crippen LogP contribution in [0.2, 0.25) is 0 Å². The average Bonchev–Trinajstić information content (AvgIpc) is 1.97. The Morgan fingerprint density at radius 3 is 2.55 bits per heavy atom. The first kappa shape index (κ1) is 10.2. The van der Waals surface area contributed by atoms with Gasteiger partial charge >= 0.3 is 5.97 Å². The zero-order chi connectivity index (χ0) is 8.69. The summed E-state index contributed by atoms with van der Waals surface area (Å²) in [7, 11) is 0. The van der Waals surface area contributed by atoms with E-state index < -0.39 is 5.97 Å². The van der Waals surface area contributed by atoms with Crippen molar-refractivity contribution in [1.29, 1.82) is 0 Å². The van der Waals surface area contributed by atoms with Crippen LogP contribution in [-0.2, 0) is 4.79 Å². The van der Waals surface area contributed by atoms with Gasteiger partial charge in [-0.25, -0.2) is 0 Å². The van der Waals surface area contributed by atoms with Gasteiger partial charge in [0.1, 0.15) is 0 Å². The number of carboxylic acid groups (broad SMARTS) is 1. The molecule has 0 radical (unpaired) electrons. The summed E-state index contributed by atoms with van der Waals surface area (Å²) in [6, 6.07) is 0. The predicted octanol–water partition coefficient (Wildman–Crippen LogP) is 2.45. The molecule has 0 saturated carbocycles. The van der Waals surface area contributed by atoms with Crippen molar-refractivity contribution >= 4 is 5.97 Å². The molecule has 1 N–H and O–H groups in total. The quantitative estimate of drug-likeness (QED) is 0.621. The number of hydrogen-bond donors (Lipinski definition) is 1. The Bertz CT molecular complexity index is 138. The van der Waals surface area contributed by atoms with Crippen molar-refractivity contribution in [2.24, 2.45) is 5.92 Å². The highest BCUT2D eigenvalue weighted by atomic mass is 16.4. The van der Waals surface area contributed by atoms with Crippen molar-refractivity contribution in [3.8, 4) is 0 Å². The Kier molecular flexibility index (Phi) is 5.53. The summed E-state index contributed by atoms with van der Waals surface area (Å²) >= 11 is 0. The van der Waals surface area contributed by atoms with E-state index in [9.17, 15) is 4.79 Å². The second-order valence-electron chi connectivity index (χ2n) is 2.57. The fourth-order valence-corrected chi connectivity index (χ4v) is 0.913. The molecule has 2 heteroatoms. The number of hydrogen-bond acceptors (Lipinski definition) is 1. The minimum absolute atomic E-state index is 0.278. The number of allylic oxidation sites excluding steroid dienone is 1. The van der Waals surface area contributed by atoms with Crippen LogP contribution >= 0.6 is 0 Å². The Balaban J connectivity index is 3.88. The van der Waals surface area contributed by atoms with Crippen molar-refractivity contribution in [3.05, 3.63) is 12.2 Å². The molecule has 0 fully saturated rings. The molecule has 1 unspecified atom stereocenters. The summed E-state index contributed by atoms with van der Waals surface area (Å²) in [5, 5.41) is 8.68. The van der Waals surface area contributed by atoms with Gasteiger partial charge in [0.25, 0.3) is 0 Å². The molecule has 0 aliphatic rings. The molecule has 0 aromatic rings. The van der Waals surface area contributed by atoms with Crippen LogP contribution in [0.1, 0.15) is 33.1 Å². The molecule has 0 amide bonds. The van der Waals surface area contributed by atoms with E-state index in [-0.39, 0.29) is 5.92 Å².